The van der Waals surface area contributed by atoms with Crippen molar-refractivity contribution in [1.82, 2.24) is 15.0 Å². The second-order valence-electron chi connectivity index (χ2n) is 4.52. The summed E-state index contributed by atoms with van der Waals surface area (Å²) < 4.78 is 0. The molecule has 2 aromatic heterocycles. The van der Waals surface area contributed by atoms with Crippen LogP contribution in [0.5, 0.6) is 0 Å². The molecule has 0 atom stereocenters. The standard InChI is InChI=1S/C16H11N3/c1-2-4-12-9-13(6-5-11(12)3-1)15-16-14(7-8-17-15)18-10-19-16/h1-10H,(H,18,19). The average Bonchev–Trinajstić information content (AvgIpc) is 2.95. The van der Waals surface area contributed by atoms with Gasteiger partial charge in [0.05, 0.1) is 17.5 Å². The number of hydrogen-bond donors (Lipinski definition) is 1. The first kappa shape index (κ1) is 10.3. The molecule has 4 rings (SSSR count). The highest BCUT2D eigenvalue weighted by atomic mass is 14.9. The van der Waals surface area contributed by atoms with Gasteiger partial charge in [0.25, 0.3) is 0 Å². The van der Waals surface area contributed by atoms with Gasteiger partial charge in [0.2, 0.25) is 0 Å². The van der Waals surface area contributed by atoms with E-state index in [0.717, 1.165) is 22.3 Å². The third kappa shape index (κ3) is 1.59. The van der Waals surface area contributed by atoms with Gasteiger partial charge in [-0.1, -0.05) is 36.4 Å². The third-order valence-corrected chi connectivity index (χ3v) is 3.36. The fraction of sp³-hybridized carbons (Fsp3) is 0. The number of rotatable bonds is 1. The van der Waals surface area contributed by atoms with E-state index in [0.29, 0.717) is 0 Å². The normalized spacial score (nSPS) is 11.2. The van der Waals surface area contributed by atoms with Gasteiger partial charge in [-0.3, -0.25) is 4.98 Å². The van der Waals surface area contributed by atoms with Crippen molar-refractivity contribution in [2.24, 2.45) is 0 Å². The first-order valence-electron chi connectivity index (χ1n) is 6.19. The summed E-state index contributed by atoms with van der Waals surface area (Å²) in [6.07, 6.45) is 3.52. The number of pyridine rings is 1. The Morgan fingerprint density at radius 1 is 0.842 bits per heavy atom. The minimum atomic E-state index is 0.915. The van der Waals surface area contributed by atoms with E-state index in [1.54, 1.807) is 6.33 Å². The Labute approximate surface area is 110 Å². The fourth-order valence-electron chi connectivity index (χ4n) is 2.42. The van der Waals surface area contributed by atoms with Gasteiger partial charge in [-0.2, -0.15) is 0 Å². The first-order chi connectivity index (χ1) is 9.42. The summed E-state index contributed by atoms with van der Waals surface area (Å²) in [5.74, 6) is 0. The maximum absolute atomic E-state index is 4.47. The molecule has 0 aliphatic carbocycles. The summed E-state index contributed by atoms with van der Waals surface area (Å²) in [7, 11) is 0. The summed E-state index contributed by atoms with van der Waals surface area (Å²) in [6, 6.07) is 16.6. The van der Waals surface area contributed by atoms with Gasteiger partial charge in [-0.15, -0.1) is 0 Å². The van der Waals surface area contributed by atoms with Crippen LogP contribution in [-0.4, -0.2) is 15.0 Å². The Morgan fingerprint density at radius 3 is 2.68 bits per heavy atom. The third-order valence-electron chi connectivity index (χ3n) is 3.36. The molecule has 0 unspecified atom stereocenters. The Morgan fingerprint density at radius 2 is 1.74 bits per heavy atom. The lowest BCUT2D eigenvalue weighted by Crippen LogP contribution is -1.85. The lowest BCUT2D eigenvalue weighted by atomic mass is 10.0. The Balaban J connectivity index is 2.01. The van der Waals surface area contributed by atoms with Crippen LogP contribution in [0.3, 0.4) is 0 Å². The monoisotopic (exact) mass is 245 g/mol. The van der Waals surface area contributed by atoms with Crippen LogP contribution in [0.25, 0.3) is 33.1 Å². The summed E-state index contributed by atoms with van der Waals surface area (Å²) >= 11 is 0. The zero-order valence-electron chi connectivity index (χ0n) is 10.2. The highest BCUT2D eigenvalue weighted by Gasteiger charge is 2.07. The number of aromatic nitrogens is 3. The molecule has 19 heavy (non-hydrogen) atoms. The molecule has 90 valence electrons. The van der Waals surface area contributed by atoms with E-state index >= 15 is 0 Å². The van der Waals surface area contributed by atoms with Gasteiger partial charge in [-0.05, 0) is 22.9 Å². The molecule has 0 bridgehead atoms. The largest absolute Gasteiger partial charge is 0.344 e. The lowest BCUT2D eigenvalue weighted by Gasteiger charge is -2.04. The van der Waals surface area contributed by atoms with Crippen molar-refractivity contribution in [1.29, 1.82) is 0 Å². The predicted octanol–water partition coefficient (Wildman–Crippen LogP) is 3.78. The predicted molar refractivity (Wildman–Crippen MR) is 76.8 cm³/mol. The van der Waals surface area contributed by atoms with Crippen molar-refractivity contribution in [2.75, 3.05) is 0 Å². The van der Waals surface area contributed by atoms with Crippen LogP contribution >= 0.6 is 0 Å². The van der Waals surface area contributed by atoms with Crippen LogP contribution < -0.4 is 0 Å². The molecule has 0 aliphatic rings. The SMILES string of the molecule is c1ccc2cc(-c3nccc4[nH]cnc34)ccc2c1. The lowest BCUT2D eigenvalue weighted by molar-refractivity contribution is 1.33. The maximum atomic E-state index is 4.47. The van der Waals surface area contributed by atoms with Crippen LogP contribution in [-0.2, 0) is 0 Å². The number of H-pyrrole nitrogens is 1. The van der Waals surface area contributed by atoms with Gasteiger partial charge >= 0.3 is 0 Å². The zero-order chi connectivity index (χ0) is 12.7. The molecule has 0 radical (unpaired) electrons. The second kappa shape index (κ2) is 3.92. The highest BCUT2D eigenvalue weighted by molar-refractivity contribution is 5.93. The molecule has 2 aromatic carbocycles. The molecule has 3 heteroatoms. The summed E-state index contributed by atoms with van der Waals surface area (Å²) in [4.78, 5) is 11.9. The van der Waals surface area contributed by atoms with Gasteiger partial charge in [0.1, 0.15) is 5.52 Å². The van der Waals surface area contributed by atoms with E-state index in [-0.39, 0.29) is 0 Å². The van der Waals surface area contributed by atoms with Crippen molar-refractivity contribution in [2.45, 2.75) is 0 Å². The van der Waals surface area contributed by atoms with Crippen molar-refractivity contribution < 1.29 is 0 Å². The average molecular weight is 245 g/mol. The number of hydrogen-bond acceptors (Lipinski definition) is 2. The molecule has 0 saturated heterocycles. The van der Waals surface area contributed by atoms with Crippen LogP contribution in [0, 0.1) is 0 Å². The zero-order valence-corrected chi connectivity index (χ0v) is 10.2. The van der Waals surface area contributed by atoms with E-state index in [1.165, 1.54) is 10.8 Å². The highest BCUT2D eigenvalue weighted by Crippen LogP contribution is 2.27. The quantitative estimate of drug-likeness (QED) is 0.554. The van der Waals surface area contributed by atoms with Crippen LogP contribution in [0.1, 0.15) is 0 Å². The Hall–Kier alpha value is -2.68. The van der Waals surface area contributed by atoms with E-state index in [2.05, 4.69) is 57.4 Å². The number of aromatic amines is 1. The Kier molecular flexibility index (Phi) is 2.12. The van der Waals surface area contributed by atoms with E-state index < -0.39 is 0 Å². The van der Waals surface area contributed by atoms with Crippen LogP contribution in [0.2, 0.25) is 0 Å². The molecule has 0 saturated carbocycles. The summed E-state index contributed by atoms with van der Waals surface area (Å²) in [5.41, 5.74) is 3.94. The molecule has 2 heterocycles. The fourth-order valence-corrected chi connectivity index (χ4v) is 2.42. The van der Waals surface area contributed by atoms with Crippen LogP contribution in [0.4, 0.5) is 0 Å². The summed E-state index contributed by atoms with van der Waals surface area (Å²) in [6.45, 7) is 0. The van der Waals surface area contributed by atoms with Gasteiger partial charge in [0.15, 0.2) is 0 Å². The first-order valence-corrected chi connectivity index (χ1v) is 6.19. The van der Waals surface area contributed by atoms with Crippen molar-refractivity contribution in [3.05, 3.63) is 61.1 Å². The topological polar surface area (TPSA) is 41.6 Å². The minimum Gasteiger partial charge on any atom is -0.344 e. The maximum Gasteiger partial charge on any atom is 0.114 e. The van der Waals surface area contributed by atoms with Gasteiger partial charge < -0.3 is 4.98 Å². The van der Waals surface area contributed by atoms with Gasteiger partial charge in [0, 0.05) is 11.8 Å². The number of benzene rings is 2. The van der Waals surface area contributed by atoms with Crippen molar-refractivity contribution in [3.8, 4) is 11.3 Å². The second-order valence-corrected chi connectivity index (χ2v) is 4.52. The molecule has 0 aliphatic heterocycles. The Bertz CT molecular complexity index is 877. The van der Waals surface area contributed by atoms with E-state index in [4.69, 9.17) is 0 Å². The summed E-state index contributed by atoms with van der Waals surface area (Å²) in [5, 5.41) is 2.45. The molecular weight excluding hydrogens is 234 g/mol. The molecule has 0 fully saturated rings. The van der Waals surface area contributed by atoms with Crippen molar-refractivity contribution >= 4 is 21.8 Å². The number of fused-ring (bicyclic) bond motifs is 2. The minimum absolute atomic E-state index is 0.915. The molecule has 0 spiro atoms. The molecular formula is C16H11N3. The number of imidazole rings is 1. The van der Waals surface area contributed by atoms with Crippen LogP contribution in [0.15, 0.2) is 61.1 Å². The molecule has 0 amide bonds. The van der Waals surface area contributed by atoms with E-state index in [1.807, 2.05) is 12.3 Å². The van der Waals surface area contributed by atoms with Crippen molar-refractivity contribution in [3.63, 3.8) is 0 Å². The smallest absolute Gasteiger partial charge is 0.114 e. The number of nitrogens with one attached hydrogen (secondary N) is 1. The van der Waals surface area contributed by atoms with E-state index in [9.17, 15) is 0 Å². The molecule has 3 nitrogen and oxygen atoms in total. The van der Waals surface area contributed by atoms with Gasteiger partial charge in [-0.25, -0.2) is 4.98 Å². The molecule has 4 aromatic rings. The molecule has 1 N–H and O–H groups in total. The number of nitrogens with zero attached hydrogens (tertiary/aromatic N) is 2.